The summed E-state index contributed by atoms with van der Waals surface area (Å²) >= 11 is 0. The number of rotatable bonds is 5. The summed E-state index contributed by atoms with van der Waals surface area (Å²) < 4.78 is 26.8. The minimum absolute atomic E-state index is 0.414. The third-order valence-corrected chi connectivity index (χ3v) is 3.99. The van der Waals surface area contributed by atoms with Crippen LogP contribution >= 0.6 is 0 Å². The molecule has 0 saturated heterocycles. The van der Waals surface area contributed by atoms with Crippen LogP contribution in [-0.2, 0) is 10.2 Å². The number of nitrogens with zero attached hydrogens (tertiary/aromatic N) is 2. The molecule has 0 aliphatic heterocycles. The molecule has 106 valence electrons. The molecule has 0 spiro atoms. The van der Waals surface area contributed by atoms with Crippen molar-refractivity contribution in [2.75, 3.05) is 24.1 Å². The maximum atomic E-state index is 11.6. The van der Waals surface area contributed by atoms with Gasteiger partial charge in [0, 0.05) is 19.8 Å². The van der Waals surface area contributed by atoms with Crippen LogP contribution in [-0.4, -0.2) is 31.8 Å². The fourth-order valence-corrected chi connectivity index (χ4v) is 2.04. The second-order valence-corrected chi connectivity index (χ2v) is 6.20. The minimum Gasteiger partial charge on any atom is -0.340 e. The Balaban J connectivity index is 2.07. The first-order valence-electron chi connectivity index (χ1n) is 5.96. The van der Waals surface area contributed by atoms with Crippen LogP contribution < -0.4 is 10.0 Å². The molecular weight excluding hydrogens is 276 g/mol. The topological polar surface area (TPSA) is 74.3 Å². The first kappa shape index (κ1) is 14.3. The van der Waals surface area contributed by atoms with E-state index in [1.807, 2.05) is 30.3 Å². The predicted molar refractivity (Wildman–Crippen MR) is 80.2 cm³/mol. The normalized spacial score (nSPS) is 11.3. The van der Waals surface area contributed by atoms with Crippen LogP contribution in [0.15, 0.2) is 48.7 Å². The second-order valence-electron chi connectivity index (χ2n) is 4.31. The van der Waals surface area contributed by atoms with E-state index in [-0.39, 0.29) is 0 Å². The summed E-state index contributed by atoms with van der Waals surface area (Å²) in [5.74, 6) is 0.643. The van der Waals surface area contributed by atoms with Gasteiger partial charge in [-0.2, -0.15) is 12.7 Å². The van der Waals surface area contributed by atoms with E-state index in [0.29, 0.717) is 11.5 Å². The molecule has 0 fully saturated rings. The summed E-state index contributed by atoms with van der Waals surface area (Å²) in [7, 11) is -0.581. The van der Waals surface area contributed by atoms with Crippen LogP contribution in [0.2, 0.25) is 0 Å². The van der Waals surface area contributed by atoms with Crippen molar-refractivity contribution >= 4 is 27.4 Å². The smallest absolute Gasteiger partial charge is 0.301 e. The van der Waals surface area contributed by atoms with E-state index in [9.17, 15) is 8.42 Å². The van der Waals surface area contributed by atoms with Crippen LogP contribution in [0, 0.1) is 0 Å². The quantitative estimate of drug-likeness (QED) is 0.884. The van der Waals surface area contributed by atoms with Gasteiger partial charge >= 0.3 is 10.2 Å². The maximum absolute atomic E-state index is 11.6. The molecule has 1 aromatic heterocycles. The van der Waals surface area contributed by atoms with Gasteiger partial charge in [-0.25, -0.2) is 4.98 Å². The molecular formula is C13H16N4O2S. The van der Waals surface area contributed by atoms with Crippen molar-refractivity contribution in [2.45, 2.75) is 0 Å². The third-order valence-electron chi connectivity index (χ3n) is 2.54. The van der Waals surface area contributed by atoms with Crippen LogP contribution in [0.1, 0.15) is 0 Å². The molecule has 0 aliphatic rings. The van der Waals surface area contributed by atoms with Crippen molar-refractivity contribution < 1.29 is 8.42 Å². The average Bonchev–Trinajstić information content (AvgIpc) is 2.42. The molecule has 0 aliphatic carbocycles. The minimum atomic E-state index is -3.50. The number of pyridine rings is 1. The van der Waals surface area contributed by atoms with E-state index in [1.165, 1.54) is 20.3 Å². The Bertz CT molecular complexity index is 655. The third kappa shape index (κ3) is 3.69. The highest BCUT2D eigenvalue weighted by atomic mass is 32.2. The molecule has 0 atom stereocenters. The Labute approximate surface area is 118 Å². The first-order chi connectivity index (χ1) is 9.47. The zero-order valence-corrected chi connectivity index (χ0v) is 12.1. The van der Waals surface area contributed by atoms with Crippen molar-refractivity contribution in [3.05, 3.63) is 48.7 Å². The Morgan fingerprint density at radius 2 is 1.70 bits per heavy atom. The molecule has 2 aromatic rings. The largest absolute Gasteiger partial charge is 0.340 e. The molecule has 1 aromatic carbocycles. The number of nitrogens with one attached hydrogen (secondary N) is 2. The van der Waals surface area contributed by atoms with Crippen molar-refractivity contribution in [3.63, 3.8) is 0 Å². The first-order valence-corrected chi connectivity index (χ1v) is 7.40. The van der Waals surface area contributed by atoms with Gasteiger partial charge in [-0.15, -0.1) is 0 Å². The number of anilines is 3. The molecule has 7 heteroatoms. The van der Waals surface area contributed by atoms with Crippen molar-refractivity contribution in [1.82, 2.24) is 9.29 Å². The zero-order valence-electron chi connectivity index (χ0n) is 11.2. The van der Waals surface area contributed by atoms with Gasteiger partial charge in [-0.1, -0.05) is 18.2 Å². The molecule has 20 heavy (non-hydrogen) atoms. The molecule has 0 unspecified atom stereocenters. The fourth-order valence-electron chi connectivity index (χ4n) is 1.44. The Hall–Kier alpha value is -2.12. The zero-order chi connectivity index (χ0) is 14.6. The highest BCUT2D eigenvalue weighted by Crippen LogP contribution is 2.16. The predicted octanol–water partition coefficient (Wildman–Crippen LogP) is 2.04. The van der Waals surface area contributed by atoms with E-state index in [1.54, 1.807) is 12.1 Å². The van der Waals surface area contributed by atoms with Gasteiger partial charge < -0.3 is 5.32 Å². The van der Waals surface area contributed by atoms with E-state index in [0.717, 1.165) is 9.99 Å². The highest BCUT2D eigenvalue weighted by Gasteiger charge is 2.12. The van der Waals surface area contributed by atoms with Gasteiger partial charge in [-0.05, 0) is 24.3 Å². The van der Waals surface area contributed by atoms with Crippen LogP contribution in [0.4, 0.5) is 17.2 Å². The summed E-state index contributed by atoms with van der Waals surface area (Å²) in [6.45, 7) is 0. The number of hydrogen-bond donors (Lipinski definition) is 2. The fraction of sp³-hybridized carbons (Fsp3) is 0.154. The van der Waals surface area contributed by atoms with E-state index in [4.69, 9.17) is 0 Å². The molecule has 6 nitrogen and oxygen atoms in total. The SMILES string of the molecule is CN(C)S(=O)(=O)Nc1ccc(Nc2ccccc2)nc1. The molecule has 0 bridgehead atoms. The summed E-state index contributed by atoms with van der Waals surface area (Å²) in [6, 6.07) is 13.0. The van der Waals surface area contributed by atoms with Gasteiger partial charge in [0.2, 0.25) is 0 Å². The number of para-hydroxylation sites is 1. The molecule has 2 rings (SSSR count). The lowest BCUT2D eigenvalue weighted by Gasteiger charge is -2.13. The van der Waals surface area contributed by atoms with Gasteiger partial charge in [0.05, 0.1) is 11.9 Å². The number of benzene rings is 1. The lowest BCUT2D eigenvalue weighted by Crippen LogP contribution is -2.28. The number of hydrogen-bond acceptors (Lipinski definition) is 4. The molecule has 2 N–H and O–H groups in total. The summed E-state index contributed by atoms with van der Waals surface area (Å²) in [5, 5.41) is 3.12. The second kappa shape index (κ2) is 5.89. The standard InChI is InChI=1S/C13H16N4O2S/c1-17(2)20(18,19)16-12-8-9-13(14-10-12)15-11-6-4-3-5-7-11/h3-10,16H,1-2H3,(H,14,15). The molecule has 0 radical (unpaired) electrons. The number of aromatic nitrogens is 1. The summed E-state index contributed by atoms with van der Waals surface area (Å²) in [6.07, 6.45) is 1.46. The van der Waals surface area contributed by atoms with Crippen molar-refractivity contribution in [2.24, 2.45) is 0 Å². The van der Waals surface area contributed by atoms with Gasteiger partial charge in [0.15, 0.2) is 0 Å². The molecule has 1 heterocycles. The van der Waals surface area contributed by atoms with Crippen LogP contribution in [0.5, 0.6) is 0 Å². The monoisotopic (exact) mass is 292 g/mol. The highest BCUT2D eigenvalue weighted by molar-refractivity contribution is 7.90. The lowest BCUT2D eigenvalue weighted by atomic mass is 10.3. The van der Waals surface area contributed by atoms with E-state index < -0.39 is 10.2 Å². The van der Waals surface area contributed by atoms with Gasteiger partial charge in [-0.3, -0.25) is 4.72 Å². The Morgan fingerprint density at radius 1 is 1.00 bits per heavy atom. The molecule has 0 saturated carbocycles. The van der Waals surface area contributed by atoms with E-state index in [2.05, 4.69) is 15.0 Å². The Kier molecular flexibility index (Phi) is 4.21. The van der Waals surface area contributed by atoms with Gasteiger partial charge in [0.1, 0.15) is 5.82 Å². The van der Waals surface area contributed by atoms with Crippen LogP contribution in [0.25, 0.3) is 0 Å². The van der Waals surface area contributed by atoms with E-state index >= 15 is 0 Å². The van der Waals surface area contributed by atoms with Gasteiger partial charge in [0.25, 0.3) is 0 Å². The average molecular weight is 292 g/mol. The maximum Gasteiger partial charge on any atom is 0.301 e. The van der Waals surface area contributed by atoms with Crippen molar-refractivity contribution in [3.8, 4) is 0 Å². The summed E-state index contributed by atoms with van der Waals surface area (Å²) in [5.41, 5.74) is 1.33. The summed E-state index contributed by atoms with van der Waals surface area (Å²) in [4.78, 5) is 4.16. The van der Waals surface area contributed by atoms with Crippen molar-refractivity contribution in [1.29, 1.82) is 0 Å². The Morgan fingerprint density at radius 3 is 2.25 bits per heavy atom. The van der Waals surface area contributed by atoms with Crippen LogP contribution in [0.3, 0.4) is 0 Å². The molecule has 0 amide bonds. The lowest BCUT2D eigenvalue weighted by molar-refractivity contribution is 0.527.